The van der Waals surface area contributed by atoms with Gasteiger partial charge in [0, 0.05) is 21.0 Å². The average molecular weight is 625 g/mol. The number of benzene rings is 3. The van der Waals surface area contributed by atoms with E-state index in [1.54, 1.807) is 60.7 Å². The van der Waals surface area contributed by atoms with Gasteiger partial charge in [0.1, 0.15) is 17.6 Å². The lowest BCUT2D eigenvalue weighted by molar-refractivity contribution is -0.122. The quantitative estimate of drug-likeness (QED) is 0.307. The van der Waals surface area contributed by atoms with E-state index in [0.29, 0.717) is 26.8 Å². The van der Waals surface area contributed by atoms with Crippen LogP contribution in [0.15, 0.2) is 93.2 Å². The van der Waals surface area contributed by atoms with Crippen LogP contribution in [0.2, 0.25) is 0 Å². The third-order valence-electron chi connectivity index (χ3n) is 6.72. The number of thiazole rings is 1. The summed E-state index contributed by atoms with van der Waals surface area (Å²) in [4.78, 5) is 55.0. The van der Waals surface area contributed by atoms with E-state index in [-0.39, 0.29) is 17.3 Å². The SMILES string of the molecule is O=C(Cn1c2c(sc1=O)[C@H](c1ccc(F)cc1)C1C(=O)N(c3ccc(Br)cc3)C(=O)C1S2)Nc1ccccc1. The van der Waals surface area contributed by atoms with Crippen molar-refractivity contribution in [1.82, 2.24) is 4.57 Å². The zero-order valence-corrected chi connectivity index (χ0v) is 23.3. The summed E-state index contributed by atoms with van der Waals surface area (Å²) in [5, 5.41) is 2.44. The number of hydrogen-bond donors (Lipinski definition) is 1. The Balaban J connectivity index is 1.42. The summed E-state index contributed by atoms with van der Waals surface area (Å²) in [6, 6.07) is 21.5. The van der Waals surface area contributed by atoms with Gasteiger partial charge in [-0.2, -0.15) is 0 Å². The minimum absolute atomic E-state index is 0.251. The number of carbonyl (C=O) groups excluding carboxylic acids is 3. The van der Waals surface area contributed by atoms with Crippen molar-refractivity contribution >= 4 is 68.1 Å². The smallest absolute Gasteiger partial charge is 0.308 e. The molecule has 11 heteroatoms. The number of nitrogens with zero attached hydrogens (tertiary/aromatic N) is 2. The number of thioether (sulfide) groups is 1. The molecule has 0 bridgehead atoms. The Kier molecular flexibility index (Phi) is 6.74. The second kappa shape index (κ2) is 10.2. The molecule has 3 atom stereocenters. The van der Waals surface area contributed by atoms with Crippen molar-refractivity contribution < 1.29 is 18.8 Å². The van der Waals surface area contributed by atoms with E-state index in [1.165, 1.54) is 21.6 Å². The second-order valence-electron chi connectivity index (χ2n) is 9.12. The monoisotopic (exact) mass is 623 g/mol. The Morgan fingerprint density at radius 1 is 0.923 bits per heavy atom. The minimum Gasteiger partial charge on any atom is -0.325 e. The molecule has 6 rings (SSSR count). The molecule has 2 aliphatic heterocycles. The molecule has 4 aromatic rings. The molecule has 1 fully saturated rings. The summed E-state index contributed by atoms with van der Waals surface area (Å²) >= 11 is 5.46. The first-order valence-electron chi connectivity index (χ1n) is 12.0. The molecule has 1 N–H and O–H groups in total. The summed E-state index contributed by atoms with van der Waals surface area (Å²) in [6.45, 7) is -0.251. The van der Waals surface area contributed by atoms with E-state index >= 15 is 0 Å². The fourth-order valence-electron chi connectivity index (χ4n) is 4.99. The van der Waals surface area contributed by atoms with Crippen LogP contribution in [0.3, 0.4) is 0 Å². The normalized spacial score (nSPS) is 20.1. The van der Waals surface area contributed by atoms with Crippen LogP contribution < -0.4 is 15.1 Å². The van der Waals surface area contributed by atoms with E-state index < -0.39 is 34.7 Å². The highest BCUT2D eigenvalue weighted by atomic mass is 79.9. The summed E-state index contributed by atoms with van der Waals surface area (Å²) in [7, 11) is 0. The third-order valence-corrected chi connectivity index (χ3v) is 9.85. The van der Waals surface area contributed by atoms with Gasteiger partial charge in [-0.25, -0.2) is 9.29 Å². The van der Waals surface area contributed by atoms with Gasteiger partial charge in [0.15, 0.2) is 0 Å². The van der Waals surface area contributed by atoms with Crippen LogP contribution in [0.5, 0.6) is 0 Å². The van der Waals surface area contributed by atoms with E-state index in [1.807, 2.05) is 6.07 Å². The first-order chi connectivity index (χ1) is 18.8. The van der Waals surface area contributed by atoms with Gasteiger partial charge in [0.2, 0.25) is 17.7 Å². The van der Waals surface area contributed by atoms with Gasteiger partial charge in [-0.15, -0.1) is 0 Å². The summed E-state index contributed by atoms with van der Waals surface area (Å²) in [5.74, 6) is -3.05. The first-order valence-corrected chi connectivity index (χ1v) is 14.4. The molecule has 7 nitrogen and oxygen atoms in total. The molecule has 0 aliphatic carbocycles. The van der Waals surface area contributed by atoms with Crippen molar-refractivity contribution in [3.63, 3.8) is 0 Å². The van der Waals surface area contributed by atoms with Crippen LogP contribution in [0.4, 0.5) is 15.8 Å². The molecule has 3 aromatic carbocycles. The molecule has 3 amide bonds. The van der Waals surface area contributed by atoms with Crippen molar-refractivity contribution in [3.05, 3.63) is 109 Å². The molecular weight excluding hydrogens is 605 g/mol. The van der Waals surface area contributed by atoms with E-state index in [0.717, 1.165) is 27.6 Å². The lowest BCUT2D eigenvalue weighted by Crippen LogP contribution is -2.33. The van der Waals surface area contributed by atoms with Gasteiger partial charge in [-0.3, -0.25) is 23.7 Å². The molecule has 196 valence electrons. The Bertz CT molecular complexity index is 1660. The maximum absolute atomic E-state index is 13.8. The maximum atomic E-state index is 13.8. The Hall–Kier alpha value is -3.54. The van der Waals surface area contributed by atoms with Crippen LogP contribution in [-0.2, 0) is 20.9 Å². The summed E-state index contributed by atoms with van der Waals surface area (Å²) in [6.07, 6.45) is 0. The molecular formula is C28H19BrFN3O4S2. The van der Waals surface area contributed by atoms with Crippen molar-refractivity contribution in [3.8, 4) is 0 Å². The standard InChI is InChI=1S/C28H19BrFN3O4S2/c29-16-8-12-19(13-9-16)33-25(35)22-21(15-6-10-17(30)11-7-15)24-27(38-23(22)26(33)36)32(28(37)39-24)14-20(34)31-18-4-2-1-3-5-18/h1-13,21-23H,14H2,(H,31,34)/t21-,22?,23?/m1/s1. The number of rotatable bonds is 5. The number of aromatic nitrogens is 1. The molecule has 1 saturated heterocycles. The molecule has 0 saturated carbocycles. The number of halogens is 2. The number of hydrogen-bond acceptors (Lipinski definition) is 6. The molecule has 0 spiro atoms. The van der Waals surface area contributed by atoms with Crippen LogP contribution in [0, 0.1) is 11.7 Å². The van der Waals surface area contributed by atoms with Crippen molar-refractivity contribution in [2.75, 3.05) is 10.2 Å². The summed E-state index contributed by atoms with van der Waals surface area (Å²) < 4.78 is 16.0. The zero-order chi connectivity index (χ0) is 27.3. The molecule has 0 radical (unpaired) electrons. The average Bonchev–Trinajstić information content (AvgIpc) is 3.36. The number of para-hydroxylation sites is 1. The highest BCUT2D eigenvalue weighted by molar-refractivity contribution is 9.10. The molecule has 2 aliphatic rings. The number of carbonyl (C=O) groups is 3. The fourth-order valence-corrected chi connectivity index (χ4v) is 8.03. The van der Waals surface area contributed by atoms with Crippen LogP contribution in [0.25, 0.3) is 0 Å². The lowest BCUT2D eigenvalue weighted by Gasteiger charge is -2.30. The lowest BCUT2D eigenvalue weighted by atomic mass is 9.83. The van der Waals surface area contributed by atoms with Gasteiger partial charge < -0.3 is 5.32 Å². The van der Waals surface area contributed by atoms with Gasteiger partial charge in [-0.05, 0) is 54.1 Å². The van der Waals surface area contributed by atoms with Crippen LogP contribution in [0.1, 0.15) is 16.4 Å². The van der Waals surface area contributed by atoms with Gasteiger partial charge >= 0.3 is 4.87 Å². The second-order valence-corrected chi connectivity index (χ2v) is 12.2. The fraction of sp³-hybridized carbons (Fsp3) is 0.143. The topological polar surface area (TPSA) is 88.5 Å². The number of anilines is 2. The third kappa shape index (κ3) is 4.64. The predicted octanol–water partition coefficient (Wildman–Crippen LogP) is 5.25. The van der Waals surface area contributed by atoms with Crippen molar-refractivity contribution in [1.29, 1.82) is 0 Å². The number of nitrogens with one attached hydrogen (secondary N) is 1. The largest absolute Gasteiger partial charge is 0.325 e. The Labute approximate surface area is 238 Å². The number of fused-ring (bicyclic) bond motifs is 2. The molecule has 3 heterocycles. The number of imide groups is 1. The Morgan fingerprint density at radius 3 is 2.31 bits per heavy atom. The molecule has 1 aromatic heterocycles. The van der Waals surface area contributed by atoms with E-state index in [2.05, 4.69) is 21.2 Å². The van der Waals surface area contributed by atoms with Gasteiger partial charge in [0.25, 0.3) is 0 Å². The van der Waals surface area contributed by atoms with Crippen LogP contribution >= 0.6 is 39.0 Å². The van der Waals surface area contributed by atoms with E-state index in [4.69, 9.17) is 0 Å². The highest BCUT2D eigenvalue weighted by Gasteiger charge is 2.56. The summed E-state index contributed by atoms with van der Waals surface area (Å²) in [5.41, 5.74) is 1.66. The highest BCUT2D eigenvalue weighted by Crippen LogP contribution is 2.53. The Morgan fingerprint density at radius 2 is 1.62 bits per heavy atom. The van der Waals surface area contributed by atoms with Crippen molar-refractivity contribution in [2.45, 2.75) is 22.7 Å². The van der Waals surface area contributed by atoms with Gasteiger partial charge in [0.05, 0.1) is 16.6 Å². The number of amides is 3. The van der Waals surface area contributed by atoms with Crippen LogP contribution in [-0.4, -0.2) is 27.5 Å². The zero-order valence-electron chi connectivity index (χ0n) is 20.0. The maximum Gasteiger partial charge on any atom is 0.308 e. The first kappa shape index (κ1) is 25.7. The van der Waals surface area contributed by atoms with Gasteiger partial charge in [-0.1, -0.05) is 69.4 Å². The van der Waals surface area contributed by atoms with E-state index in [9.17, 15) is 23.6 Å². The van der Waals surface area contributed by atoms with Crippen molar-refractivity contribution in [2.24, 2.45) is 5.92 Å². The molecule has 2 unspecified atom stereocenters. The molecule has 39 heavy (non-hydrogen) atoms. The predicted molar refractivity (Wildman–Crippen MR) is 152 cm³/mol. The minimum atomic E-state index is -0.818.